The maximum atomic E-state index is 6.26. The Labute approximate surface area is 126 Å². The van der Waals surface area contributed by atoms with Gasteiger partial charge in [-0.1, -0.05) is 41.4 Å². The number of halogens is 2. The Balaban J connectivity index is 2.11. The summed E-state index contributed by atoms with van der Waals surface area (Å²) in [6.45, 7) is 5.17. The maximum absolute atomic E-state index is 6.26. The summed E-state index contributed by atoms with van der Waals surface area (Å²) in [5.41, 5.74) is 2.06. The molecule has 1 heterocycles. The normalized spacial score (nSPS) is 15.6. The fourth-order valence-corrected chi connectivity index (χ4v) is 3.19. The van der Waals surface area contributed by atoms with Crippen molar-refractivity contribution in [1.29, 1.82) is 0 Å². The summed E-state index contributed by atoms with van der Waals surface area (Å²) in [5, 5.41) is 5.31. The van der Waals surface area contributed by atoms with E-state index >= 15 is 0 Å². The minimum Gasteiger partial charge on any atom is -0.458 e. The number of hydrogen-bond acceptors (Lipinski definition) is 2. The largest absolute Gasteiger partial charge is 0.458 e. The highest BCUT2D eigenvalue weighted by Crippen LogP contribution is 2.40. The first-order valence-electron chi connectivity index (χ1n) is 6.70. The van der Waals surface area contributed by atoms with E-state index in [9.17, 15) is 0 Å². The van der Waals surface area contributed by atoms with Gasteiger partial charge in [-0.25, -0.2) is 0 Å². The maximum Gasteiger partial charge on any atom is 0.154 e. The molecule has 102 valence electrons. The third-order valence-corrected chi connectivity index (χ3v) is 4.52. The molecule has 19 heavy (non-hydrogen) atoms. The minimum absolute atomic E-state index is 0.409. The van der Waals surface area contributed by atoms with E-state index in [1.165, 1.54) is 18.4 Å². The third-order valence-electron chi connectivity index (χ3n) is 3.56. The van der Waals surface area contributed by atoms with Crippen LogP contribution in [0, 0.1) is 0 Å². The van der Waals surface area contributed by atoms with Crippen molar-refractivity contribution in [2.45, 2.75) is 45.2 Å². The lowest BCUT2D eigenvalue weighted by atomic mass is 9.99. The molecule has 1 aliphatic carbocycles. The number of fused-ring (bicyclic) bond motifs is 1. The summed E-state index contributed by atoms with van der Waals surface area (Å²) in [6.07, 6.45) is 2.56. The van der Waals surface area contributed by atoms with Crippen LogP contribution in [0.15, 0.2) is 21.0 Å². The van der Waals surface area contributed by atoms with Crippen LogP contribution in [0.5, 0.6) is 0 Å². The molecule has 3 rings (SSSR count). The molecule has 1 N–H and O–H groups in total. The summed E-state index contributed by atoms with van der Waals surface area (Å²) < 4.78 is 7.08. The highest BCUT2D eigenvalue weighted by Gasteiger charge is 2.24. The van der Waals surface area contributed by atoms with Crippen LogP contribution < -0.4 is 5.32 Å². The van der Waals surface area contributed by atoms with Gasteiger partial charge in [-0.2, -0.15) is 0 Å². The van der Waals surface area contributed by atoms with Crippen LogP contribution in [0.3, 0.4) is 0 Å². The number of hydrogen-bond donors (Lipinski definition) is 1. The molecule has 4 heteroatoms. The Kier molecular flexibility index (Phi) is 3.63. The van der Waals surface area contributed by atoms with Crippen molar-refractivity contribution in [3.63, 3.8) is 0 Å². The Hall–Kier alpha value is -0.510. The second-order valence-corrected chi connectivity index (χ2v) is 6.74. The topological polar surface area (TPSA) is 25.2 Å². The van der Waals surface area contributed by atoms with Gasteiger partial charge in [0.05, 0.1) is 11.6 Å². The van der Waals surface area contributed by atoms with Gasteiger partial charge in [0.25, 0.3) is 0 Å². The molecule has 0 radical (unpaired) electrons. The molecular weight excluding hydrogens is 326 g/mol. The van der Waals surface area contributed by atoms with Crippen molar-refractivity contribution in [3.05, 3.63) is 33.0 Å². The first-order valence-corrected chi connectivity index (χ1v) is 7.87. The predicted molar refractivity (Wildman–Crippen MR) is 82.9 cm³/mol. The lowest BCUT2D eigenvalue weighted by Crippen LogP contribution is -2.15. The van der Waals surface area contributed by atoms with Crippen LogP contribution in [0.4, 0.5) is 0 Å². The van der Waals surface area contributed by atoms with Crippen molar-refractivity contribution >= 4 is 38.5 Å². The lowest BCUT2D eigenvalue weighted by Gasteiger charge is -2.08. The van der Waals surface area contributed by atoms with Crippen molar-refractivity contribution in [2.24, 2.45) is 0 Å². The van der Waals surface area contributed by atoms with Gasteiger partial charge in [-0.3, -0.25) is 0 Å². The summed E-state index contributed by atoms with van der Waals surface area (Å²) in [6, 6.07) is 4.54. The van der Waals surface area contributed by atoms with Gasteiger partial charge < -0.3 is 9.73 Å². The summed E-state index contributed by atoms with van der Waals surface area (Å²) >= 11 is 9.88. The van der Waals surface area contributed by atoms with Crippen LogP contribution in [0.25, 0.3) is 11.0 Å². The number of furan rings is 1. The molecule has 1 aliphatic rings. The van der Waals surface area contributed by atoms with Crippen molar-refractivity contribution < 1.29 is 4.42 Å². The molecule has 0 bridgehead atoms. The van der Waals surface area contributed by atoms with Gasteiger partial charge in [0.1, 0.15) is 5.76 Å². The van der Waals surface area contributed by atoms with Crippen molar-refractivity contribution in [2.75, 3.05) is 0 Å². The molecule has 1 saturated carbocycles. The SMILES string of the molecule is CC(C)c1c(CNC2CC2)oc2c(Cl)ccc(Br)c12. The molecule has 0 saturated heterocycles. The second-order valence-electron chi connectivity index (χ2n) is 5.48. The highest BCUT2D eigenvalue weighted by molar-refractivity contribution is 9.10. The van der Waals surface area contributed by atoms with Crippen LogP contribution in [-0.2, 0) is 6.54 Å². The van der Waals surface area contributed by atoms with E-state index in [1.54, 1.807) is 0 Å². The van der Waals surface area contributed by atoms with Gasteiger partial charge in [0.2, 0.25) is 0 Å². The molecule has 0 aliphatic heterocycles. The molecule has 0 atom stereocenters. The number of nitrogens with one attached hydrogen (secondary N) is 1. The second kappa shape index (κ2) is 5.12. The van der Waals surface area contributed by atoms with Gasteiger partial charge in [-0.15, -0.1) is 0 Å². The molecule has 1 fully saturated rings. The number of rotatable bonds is 4. The summed E-state index contributed by atoms with van der Waals surface area (Å²) in [5.74, 6) is 1.43. The molecule has 2 nitrogen and oxygen atoms in total. The van der Waals surface area contributed by atoms with E-state index in [4.69, 9.17) is 16.0 Å². The molecule has 2 aromatic rings. The molecule has 0 unspecified atom stereocenters. The monoisotopic (exact) mass is 341 g/mol. The molecule has 0 spiro atoms. The fraction of sp³-hybridized carbons (Fsp3) is 0.467. The Morgan fingerprint density at radius 3 is 2.79 bits per heavy atom. The fourth-order valence-electron chi connectivity index (χ4n) is 2.47. The first kappa shape index (κ1) is 13.5. The quantitative estimate of drug-likeness (QED) is 0.823. The summed E-state index contributed by atoms with van der Waals surface area (Å²) in [7, 11) is 0. The number of benzene rings is 1. The Morgan fingerprint density at radius 2 is 2.16 bits per heavy atom. The van der Waals surface area contributed by atoms with Gasteiger partial charge >= 0.3 is 0 Å². The van der Waals surface area contributed by atoms with Crippen LogP contribution in [0.2, 0.25) is 5.02 Å². The van der Waals surface area contributed by atoms with Crippen molar-refractivity contribution in [3.8, 4) is 0 Å². The average Bonchev–Trinajstić information content (AvgIpc) is 3.10. The Morgan fingerprint density at radius 1 is 1.42 bits per heavy atom. The van der Waals surface area contributed by atoms with Crippen LogP contribution in [0.1, 0.15) is 43.9 Å². The van der Waals surface area contributed by atoms with Crippen molar-refractivity contribution in [1.82, 2.24) is 5.32 Å². The Bertz CT molecular complexity index is 616. The van der Waals surface area contributed by atoms with E-state index in [0.717, 1.165) is 27.7 Å². The van der Waals surface area contributed by atoms with E-state index in [0.29, 0.717) is 17.0 Å². The highest BCUT2D eigenvalue weighted by atomic mass is 79.9. The smallest absolute Gasteiger partial charge is 0.154 e. The minimum atomic E-state index is 0.409. The third kappa shape index (κ3) is 2.56. The van der Waals surface area contributed by atoms with Crippen LogP contribution in [-0.4, -0.2) is 6.04 Å². The molecule has 1 aromatic carbocycles. The van der Waals surface area contributed by atoms with Gasteiger partial charge in [0, 0.05) is 21.5 Å². The average molecular weight is 343 g/mol. The zero-order valence-corrected chi connectivity index (χ0v) is 13.4. The van der Waals surface area contributed by atoms with E-state index in [1.807, 2.05) is 12.1 Å². The molecule has 0 amide bonds. The van der Waals surface area contributed by atoms with E-state index in [2.05, 4.69) is 35.1 Å². The van der Waals surface area contributed by atoms with E-state index in [-0.39, 0.29) is 0 Å². The van der Waals surface area contributed by atoms with Crippen LogP contribution >= 0.6 is 27.5 Å². The summed E-state index contributed by atoms with van der Waals surface area (Å²) in [4.78, 5) is 0. The standard InChI is InChI=1S/C15H17BrClNO/c1-8(2)13-12(7-18-9-3-4-9)19-15-11(17)6-5-10(16)14(13)15/h5-6,8-9,18H,3-4,7H2,1-2H3. The lowest BCUT2D eigenvalue weighted by molar-refractivity contribution is 0.503. The van der Waals surface area contributed by atoms with Gasteiger partial charge in [0.15, 0.2) is 5.58 Å². The van der Waals surface area contributed by atoms with Gasteiger partial charge in [-0.05, 0) is 30.9 Å². The molecule has 1 aromatic heterocycles. The predicted octanol–water partition coefficient (Wildman–Crippen LogP) is 5.22. The molecular formula is C15H17BrClNO. The first-order chi connectivity index (χ1) is 9.08. The zero-order valence-electron chi connectivity index (χ0n) is 11.1. The van der Waals surface area contributed by atoms with E-state index < -0.39 is 0 Å². The zero-order chi connectivity index (χ0) is 13.6.